The molecule has 0 radical (unpaired) electrons. The number of para-hydroxylation sites is 1. The monoisotopic (exact) mass is 267 g/mol. The second-order valence-corrected chi connectivity index (χ2v) is 4.67. The number of thioether (sulfide) groups is 1. The summed E-state index contributed by atoms with van der Waals surface area (Å²) in [6.07, 6.45) is 0.408. The molecule has 2 amide bonds. The van der Waals surface area contributed by atoms with Gasteiger partial charge in [0.25, 0.3) is 0 Å². The third kappa shape index (κ3) is 5.20. The maximum atomic E-state index is 11.6. The molecule has 1 aromatic rings. The molecular formula is C12H17N3O2S. The van der Waals surface area contributed by atoms with Gasteiger partial charge in [-0.2, -0.15) is 0 Å². The van der Waals surface area contributed by atoms with Gasteiger partial charge in [0, 0.05) is 17.9 Å². The number of hydrogen-bond donors (Lipinski definition) is 3. The number of amides is 2. The molecule has 5 nitrogen and oxygen atoms in total. The van der Waals surface area contributed by atoms with Crippen molar-refractivity contribution in [2.45, 2.75) is 11.3 Å². The van der Waals surface area contributed by atoms with Gasteiger partial charge in [0.2, 0.25) is 11.8 Å². The van der Waals surface area contributed by atoms with E-state index in [0.717, 1.165) is 4.90 Å². The van der Waals surface area contributed by atoms with Gasteiger partial charge in [-0.05, 0) is 19.2 Å². The van der Waals surface area contributed by atoms with E-state index in [2.05, 4.69) is 10.6 Å². The first-order chi connectivity index (χ1) is 8.63. The molecule has 0 aliphatic heterocycles. The van der Waals surface area contributed by atoms with E-state index in [4.69, 9.17) is 5.73 Å². The number of carbonyl (C=O) groups is 2. The van der Waals surface area contributed by atoms with Crippen LogP contribution in [0.4, 0.5) is 5.69 Å². The van der Waals surface area contributed by atoms with Crippen LogP contribution in [0.1, 0.15) is 6.42 Å². The first kappa shape index (κ1) is 14.5. The van der Waals surface area contributed by atoms with E-state index >= 15 is 0 Å². The van der Waals surface area contributed by atoms with Gasteiger partial charge in [-0.1, -0.05) is 12.1 Å². The Hall–Kier alpha value is -1.53. The minimum Gasteiger partial charge on any atom is -0.369 e. The molecule has 0 fully saturated rings. The van der Waals surface area contributed by atoms with Crippen molar-refractivity contribution >= 4 is 29.3 Å². The summed E-state index contributed by atoms with van der Waals surface area (Å²) in [6.45, 7) is 0.627. The highest BCUT2D eigenvalue weighted by Gasteiger charge is 2.07. The fourth-order valence-electron chi connectivity index (χ4n) is 1.30. The van der Waals surface area contributed by atoms with Gasteiger partial charge in [-0.15, -0.1) is 11.8 Å². The lowest BCUT2D eigenvalue weighted by atomic mass is 10.3. The zero-order valence-corrected chi connectivity index (χ0v) is 11.0. The molecule has 0 aliphatic rings. The number of rotatable bonds is 7. The molecule has 0 heterocycles. The van der Waals surface area contributed by atoms with E-state index in [1.54, 1.807) is 13.1 Å². The van der Waals surface area contributed by atoms with Crippen molar-refractivity contribution in [2.24, 2.45) is 5.73 Å². The normalized spacial score (nSPS) is 10.1. The van der Waals surface area contributed by atoms with E-state index < -0.39 is 0 Å². The van der Waals surface area contributed by atoms with Crippen molar-refractivity contribution in [3.05, 3.63) is 24.3 Å². The molecule has 98 valence electrons. The molecule has 0 unspecified atom stereocenters. The first-order valence-corrected chi connectivity index (χ1v) is 6.56. The van der Waals surface area contributed by atoms with E-state index in [1.165, 1.54) is 11.8 Å². The molecule has 0 saturated heterocycles. The zero-order valence-electron chi connectivity index (χ0n) is 10.2. The lowest BCUT2D eigenvalue weighted by Crippen LogP contribution is -2.19. The molecule has 18 heavy (non-hydrogen) atoms. The van der Waals surface area contributed by atoms with Crippen LogP contribution in [-0.4, -0.2) is 31.2 Å². The fraction of sp³-hybridized carbons (Fsp3) is 0.333. The van der Waals surface area contributed by atoms with Crippen molar-refractivity contribution in [3.8, 4) is 0 Å². The summed E-state index contributed by atoms with van der Waals surface area (Å²) in [5.41, 5.74) is 5.81. The Balaban J connectivity index is 2.63. The third-order valence-electron chi connectivity index (χ3n) is 2.13. The Morgan fingerprint density at radius 1 is 1.33 bits per heavy atom. The van der Waals surface area contributed by atoms with Crippen LogP contribution in [0, 0.1) is 0 Å². The average Bonchev–Trinajstić information content (AvgIpc) is 2.35. The summed E-state index contributed by atoms with van der Waals surface area (Å²) in [4.78, 5) is 23.2. The summed E-state index contributed by atoms with van der Waals surface area (Å²) in [7, 11) is 1.80. The molecule has 4 N–H and O–H groups in total. The van der Waals surface area contributed by atoms with Crippen LogP contribution in [0.2, 0.25) is 0 Å². The molecule has 6 heteroatoms. The second kappa shape index (κ2) is 7.73. The van der Waals surface area contributed by atoms with Gasteiger partial charge in [-0.3, -0.25) is 9.59 Å². The molecule has 0 bridgehead atoms. The number of nitrogens with two attached hydrogens (primary N) is 1. The van der Waals surface area contributed by atoms with Crippen molar-refractivity contribution in [1.29, 1.82) is 0 Å². The van der Waals surface area contributed by atoms with Crippen molar-refractivity contribution in [2.75, 3.05) is 24.7 Å². The van der Waals surface area contributed by atoms with Crippen molar-refractivity contribution in [1.82, 2.24) is 5.32 Å². The Bertz CT molecular complexity index is 424. The van der Waals surface area contributed by atoms with Crippen LogP contribution in [0.5, 0.6) is 0 Å². The van der Waals surface area contributed by atoms with Gasteiger partial charge in [0.15, 0.2) is 0 Å². The second-order valence-electron chi connectivity index (χ2n) is 3.65. The summed E-state index contributed by atoms with van der Waals surface area (Å²) in [5, 5.41) is 5.73. The Morgan fingerprint density at radius 2 is 2.06 bits per heavy atom. The standard InChI is InChI=1S/C12H17N3O2S/c1-14-7-6-12(17)15-9-4-2-3-5-10(9)18-8-11(13)16/h2-5,14H,6-8H2,1H3,(H2,13,16)(H,15,17). The third-order valence-corrected chi connectivity index (χ3v) is 3.23. The number of nitrogens with one attached hydrogen (secondary N) is 2. The SMILES string of the molecule is CNCCC(=O)Nc1ccccc1SCC(N)=O. The molecule has 1 aromatic carbocycles. The number of hydrogen-bond acceptors (Lipinski definition) is 4. The Labute approximate surface area is 111 Å². The molecule has 0 aromatic heterocycles. The smallest absolute Gasteiger partial charge is 0.227 e. The maximum absolute atomic E-state index is 11.6. The van der Waals surface area contributed by atoms with Crippen LogP contribution < -0.4 is 16.4 Å². The largest absolute Gasteiger partial charge is 0.369 e. The van der Waals surface area contributed by atoms with Gasteiger partial charge in [-0.25, -0.2) is 0 Å². The van der Waals surface area contributed by atoms with Gasteiger partial charge in [0.1, 0.15) is 0 Å². The molecular weight excluding hydrogens is 250 g/mol. The Morgan fingerprint density at radius 3 is 2.72 bits per heavy atom. The minimum absolute atomic E-state index is 0.0588. The topological polar surface area (TPSA) is 84.2 Å². The van der Waals surface area contributed by atoms with Crippen molar-refractivity contribution < 1.29 is 9.59 Å². The maximum Gasteiger partial charge on any atom is 0.227 e. The van der Waals surface area contributed by atoms with E-state index in [1.807, 2.05) is 18.2 Å². The van der Waals surface area contributed by atoms with E-state index in [0.29, 0.717) is 18.7 Å². The van der Waals surface area contributed by atoms with E-state index in [-0.39, 0.29) is 17.6 Å². The summed E-state index contributed by atoms with van der Waals surface area (Å²) in [5.74, 6) is -0.239. The summed E-state index contributed by atoms with van der Waals surface area (Å²) in [6, 6.07) is 7.34. The summed E-state index contributed by atoms with van der Waals surface area (Å²) >= 11 is 1.32. The predicted octanol–water partition coefficient (Wildman–Crippen LogP) is 0.812. The van der Waals surface area contributed by atoms with Crippen LogP contribution in [0.25, 0.3) is 0 Å². The highest BCUT2D eigenvalue weighted by atomic mass is 32.2. The van der Waals surface area contributed by atoms with Crippen molar-refractivity contribution in [3.63, 3.8) is 0 Å². The lowest BCUT2D eigenvalue weighted by molar-refractivity contribution is -0.116. The van der Waals surface area contributed by atoms with Crippen LogP contribution >= 0.6 is 11.8 Å². The lowest BCUT2D eigenvalue weighted by Gasteiger charge is -2.09. The highest BCUT2D eigenvalue weighted by molar-refractivity contribution is 8.00. The first-order valence-electron chi connectivity index (χ1n) is 5.58. The molecule has 0 saturated carbocycles. The number of primary amides is 1. The number of benzene rings is 1. The highest BCUT2D eigenvalue weighted by Crippen LogP contribution is 2.26. The van der Waals surface area contributed by atoms with Crippen LogP contribution in [0.3, 0.4) is 0 Å². The predicted molar refractivity (Wildman–Crippen MR) is 73.5 cm³/mol. The van der Waals surface area contributed by atoms with Crippen LogP contribution in [-0.2, 0) is 9.59 Å². The molecule has 0 atom stereocenters. The minimum atomic E-state index is -0.378. The fourth-order valence-corrected chi connectivity index (χ4v) is 2.04. The van der Waals surface area contributed by atoms with Crippen LogP contribution in [0.15, 0.2) is 29.2 Å². The zero-order chi connectivity index (χ0) is 13.4. The quantitative estimate of drug-likeness (QED) is 0.638. The van der Waals surface area contributed by atoms with Gasteiger partial charge < -0.3 is 16.4 Å². The number of carbonyl (C=O) groups excluding carboxylic acids is 2. The average molecular weight is 267 g/mol. The van der Waals surface area contributed by atoms with E-state index in [9.17, 15) is 9.59 Å². The Kier molecular flexibility index (Phi) is 6.24. The van der Waals surface area contributed by atoms with Gasteiger partial charge >= 0.3 is 0 Å². The molecule has 1 rings (SSSR count). The summed E-state index contributed by atoms with van der Waals surface area (Å²) < 4.78 is 0. The van der Waals surface area contributed by atoms with Gasteiger partial charge in [0.05, 0.1) is 11.4 Å². The molecule has 0 aliphatic carbocycles. The molecule has 0 spiro atoms. The number of anilines is 1.